The number of hydrogen-bond donors (Lipinski definition) is 1. The molecule has 6 heteroatoms. The summed E-state index contributed by atoms with van der Waals surface area (Å²) in [7, 11) is 0. The molecule has 0 aliphatic heterocycles. The number of amides is 1. The van der Waals surface area contributed by atoms with E-state index >= 15 is 0 Å². The Morgan fingerprint density at radius 3 is 2.81 bits per heavy atom. The lowest BCUT2D eigenvalue weighted by molar-refractivity contribution is -0.111. The smallest absolute Gasteiger partial charge is 0.341 e. The third-order valence-electron chi connectivity index (χ3n) is 4.46. The van der Waals surface area contributed by atoms with E-state index in [2.05, 4.69) is 12.2 Å². The number of aryl methyl sites for hydroxylation is 1. The highest BCUT2D eigenvalue weighted by Gasteiger charge is 2.29. The van der Waals surface area contributed by atoms with Crippen LogP contribution in [0.15, 0.2) is 22.6 Å². The first-order valence-electron chi connectivity index (χ1n) is 9.24. The zero-order valence-electron chi connectivity index (χ0n) is 16.1. The minimum Gasteiger partial charge on any atom is -0.462 e. The summed E-state index contributed by atoms with van der Waals surface area (Å²) in [5, 5.41) is 3.44. The van der Waals surface area contributed by atoms with Gasteiger partial charge >= 0.3 is 5.97 Å². The van der Waals surface area contributed by atoms with Crippen molar-refractivity contribution in [3.05, 3.63) is 45.7 Å². The Balaban J connectivity index is 1.84. The Kier molecular flexibility index (Phi) is 5.85. The number of furan rings is 1. The molecule has 2 heterocycles. The van der Waals surface area contributed by atoms with Crippen molar-refractivity contribution in [1.82, 2.24) is 0 Å². The molecular weight excluding hydrogens is 362 g/mol. The van der Waals surface area contributed by atoms with Gasteiger partial charge in [-0.15, -0.1) is 11.3 Å². The van der Waals surface area contributed by atoms with Gasteiger partial charge in [0.1, 0.15) is 16.5 Å². The highest BCUT2D eigenvalue weighted by atomic mass is 32.1. The third-order valence-corrected chi connectivity index (χ3v) is 5.63. The summed E-state index contributed by atoms with van der Waals surface area (Å²) in [4.78, 5) is 26.2. The van der Waals surface area contributed by atoms with E-state index in [1.54, 1.807) is 12.1 Å². The van der Waals surface area contributed by atoms with E-state index in [1.165, 1.54) is 22.3 Å². The van der Waals surface area contributed by atoms with Gasteiger partial charge in [-0.1, -0.05) is 6.92 Å². The Morgan fingerprint density at radius 2 is 2.15 bits per heavy atom. The topological polar surface area (TPSA) is 68.5 Å². The fourth-order valence-electron chi connectivity index (χ4n) is 3.18. The number of carbonyl (C=O) groups is 2. The lowest BCUT2D eigenvalue weighted by Gasteiger charge is -2.18. The Labute approximate surface area is 163 Å². The van der Waals surface area contributed by atoms with Gasteiger partial charge in [0, 0.05) is 11.0 Å². The maximum Gasteiger partial charge on any atom is 0.341 e. The molecule has 1 aliphatic carbocycles. The standard InChI is InChI=1S/C21H25NO4S/c1-12(2)25-21(24)19-16-9-5-13(3)11-17(16)27-20(19)22-18(23)10-8-15-7-6-14(4)26-15/h6-8,10,12-13H,5,9,11H2,1-4H3,(H,22,23). The molecule has 144 valence electrons. The van der Waals surface area contributed by atoms with Crippen LogP contribution >= 0.6 is 11.3 Å². The molecule has 1 atom stereocenters. The van der Waals surface area contributed by atoms with Crippen LogP contribution in [0.1, 0.15) is 59.5 Å². The molecule has 1 aliphatic rings. The van der Waals surface area contributed by atoms with Gasteiger partial charge in [-0.05, 0) is 69.7 Å². The largest absolute Gasteiger partial charge is 0.462 e. The molecule has 3 rings (SSSR count). The van der Waals surface area contributed by atoms with Crippen LogP contribution in [0, 0.1) is 12.8 Å². The second-order valence-corrected chi connectivity index (χ2v) is 8.39. The average Bonchev–Trinajstić information content (AvgIpc) is 3.14. The van der Waals surface area contributed by atoms with E-state index in [-0.39, 0.29) is 18.0 Å². The average molecular weight is 388 g/mol. The molecule has 2 aromatic heterocycles. The summed E-state index contributed by atoms with van der Waals surface area (Å²) in [6, 6.07) is 3.64. The molecule has 0 saturated heterocycles. The molecular formula is C21H25NO4S. The summed E-state index contributed by atoms with van der Waals surface area (Å²) < 4.78 is 10.9. The first-order chi connectivity index (χ1) is 12.8. The van der Waals surface area contributed by atoms with Crippen LogP contribution in [0.3, 0.4) is 0 Å². The molecule has 2 aromatic rings. The van der Waals surface area contributed by atoms with Crippen LogP contribution in [0.25, 0.3) is 6.08 Å². The van der Waals surface area contributed by atoms with Crippen LogP contribution in [-0.2, 0) is 22.4 Å². The Hall–Kier alpha value is -2.34. The minimum absolute atomic E-state index is 0.207. The maximum absolute atomic E-state index is 12.7. The number of esters is 1. The lowest BCUT2D eigenvalue weighted by atomic mass is 9.88. The molecule has 0 bridgehead atoms. The van der Waals surface area contributed by atoms with Crippen LogP contribution < -0.4 is 5.32 Å². The molecule has 0 radical (unpaired) electrons. The molecule has 1 amide bonds. The number of carbonyl (C=O) groups excluding carboxylic acids is 2. The second kappa shape index (κ2) is 8.13. The Bertz CT molecular complexity index is 875. The molecule has 0 spiro atoms. The van der Waals surface area contributed by atoms with Gasteiger partial charge in [0.15, 0.2) is 0 Å². The number of hydrogen-bond acceptors (Lipinski definition) is 5. The van der Waals surface area contributed by atoms with Gasteiger partial charge in [-0.3, -0.25) is 4.79 Å². The monoisotopic (exact) mass is 387 g/mol. The fourth-order valence-corrected chi connectivity index (χ4v) is 4.58. The van der Waals surface area contributed by atoms with Crippen LogP contribution in [0.5, 0.6) is 0 Å². The summed E-state index contributed by atoms with van der Waals surface area (Å²) in [5.74, 6) is 1.32. The highest BCUT2D eigenvalue weighted by molar-refractivity contribution is 7.17. The van der Waals surface area contributed by atoms with E-state index in [4.69, 9.17) is 9.15 Å². The zero-order chi connectivity index (χ0) is 19.6. The van der Waals surface area contributed by atoms with Gasteiger partial charge < -0.3 is 14.5 Å². The number of fused-ring (bicyclic) bond motifs is 1. The van der Waals surface area contributed by atoms with E-state index in [0.717, 1.165) is 30.6 Å². The zero-order valence-corrected chi connectivity index (χ0v) is 16.9. The van der Waals surface area contributed by atoms with Gasteiger partial charge in [0.2, 0.25) is 5.91 Å². The predicted octanol–water partition coefficient (Wildman–Crippen LogP) is 4.99. The van der Waals surface area contributed by atoms with Crippen LogP contribution in [0.4, 0.5) is 5.00 Å². The fraction of sp³-hybridized carbons (Fsp3) is 0.429. The van der Waals surface area contributed by atoms with Crippen molar-refractivity contribution in [1.29, 1.82) is 0 Å². The Morgan fingerprint density at radius 1 is 1.37 bits per heavy atom. The van der Waals surface area contributed by atoms with E-state index < -0.39 is 0 Å². The molecule has 0 saturated carbocycles. The third kappa shape index (κ3) is 4.69. The molecule has 1 N–H and O–H groups in total. The molecule has 5 nitrogen and oxygen atoms in total. The van der Waals surface area contributed by atoms with Crippen molar-refractivity contribution in [2.45, 2.75) is 53.1 Å². The van der Waals surface area contributed by atoms with E-state index in [1.807, 2.05) is 26.8 Å². The predicted molar refractivity (Wildman–Crippen MR) is 107 cm³/mol. The van der Waals surface area contributed by atoms with Crippen molar-refractivity contribution in [2.75, 3.05) is 5.32 Å². The highest BCUT2D eigenvalue weighted by Crippen LogP contribution is 2.40. The first kappa shape index (κ1) is 19.4. The van der Waals surface area contributed by atoms with Crippen LogP contribution in [-0.4, -0.2) is 18.0 Å². The second-order valence-electron chi connectivity index (χ2n) is 7.28. The summed E-state index contributed by atoms with van der Waals surface area (Å²) in [6.07, 6.45) is 5.63. The summed E-state index contributed by atoms with van der Waals surface area (Å²) >= 11 is 1.49. The van der Waals surface area contributed by atoms with Crippen molar-refractivity contribution in [3.8, 4) is 0 Å². The quantitative estimate of drug-likeness (QED) is 0.579. The van der Waals surface area contributed by atoms with Crippen molar-refractivity contribution in [2.24, 2.45) is 5.92 Å². The van der Waals surface area contributed by atoms with E-state index in [0.29, 0.717) is 22.2 Å². The number of ether oxygens (including phenoxy) is 1. The van der Waals surface area contributed by atoms with Crippen LogP contribution in [0.2, 0.25) is 0 Å². The van der Waals surface area contributed by atoms with Crippen molar-refractivity contribution >= 4 is 34.3 Å². The van der Waals surface area contributed by atoms with Gasteiger partial charge in [0.25, 0.3) is 0 Å². The normalized spacial score (nSPS) is 16.6. The molecule has 27 heavy (non-hydrogen) atoms. The number of nitrogens with one attached hydrogen (secondary N) is 1. The first-order valence-corrected chi connectivity index (χ1v) is 10.1. The summed E-state index contributed by atoms with van der Waals surface area (Å²) in [6.45, 7) is 7.71. The molecule has 0 aromatic carbocycles. The number of anilines is 1. The lowest BCUT2D eigenvalue weighted by Crippen LogP contribution is -2.18. The SMILES string of the molecule is Cc1ccc(C=CC(=O)Nc2sc3c(c2C(=O)OC(C)C)CCC(C)C3)o1. The van der Waals surface area contributed by atoms with Gasteiger partial charge in [0.05, 0.1) is 11.7 Å². The van der Waals surface area contributed by atoms with Gasteiger partial charge in [-0.2, -0.15) is 0 Å². The van der Waals surface area contributed by atoms with Crippen molar-refractivity contribution in [3.63, 3.8) is 0 Å². The van der Waals surface area contributed by atoms with Gasteiger partial charge in [-0.25, -0.2) is 4.79 Å². The number of rotatable bonds is 5. The maximum atomic E-state index is 12.7. The summed E-state index contributed by atoms with van der Waals surface area (Å²) in [5.41, 5.74) is 1.55. The minimum atomic E-state index is -0.363. The number of thiophene rings is 1. The molecule has 0 fully saturated rings. The molecule has 1 unspecified atom stereocenters. The van der Waals surface area contributed by atoms with Crippen molar-refractivity contribution < 1.29 is 18.7 Å². The van der Waals surface area contributed by atoms with E-state index in [9.17, 15) is 9.59 Å².